The molecule has 0 aliphatic heterocycles. The van der Waals surface area contributed by atoms with E-state index >= 15 is 0 Å². The van der Waals surface area contributed by atoms with Gasteiger partial charge in [0.05, 0.1) is 35.4 Å². The van der Waals surface area contributed by atoms with Crippen LogP contribution in [-0.2, 0) is 19.0 Å². The molecule has 1 unspecified atom stereocenters. The van der Waals surface area contributed by atoms with Crippen molar-refractivity contribution >= 4 is 51.2 Å². The molecule has 208 valence electrons. The summed E-state index contributed by atoms with van der Waals surface area (Å²) in [5, 5.41) is 2.75. The molecule has 1 amide bonds. The number of anilines is 1. The van der Waals surface area contributed by atoms with Crippen molar-refractivity contribution < 1.29 is 33.4 Å². The minimum atomic E-state index is -1.17. The van der Waals surface area contributed by atoms with Crippen molar-refractivity contribution in [1.82, 2.24) is 15.0 Å². The molecule has 3 aromatic heterocycles. The molecule has 11 nitrogen and oxygen atoms in total. The van der Waals surface area contributed by atoms with Gasteiger partial charge in [-0.1, -0.05) is 6.92 Å². The van der Waals surface area contributed by atoms with Gasteiger partial charge in [-0.05, 0) is 63.1 Å². The third-order valence-electron chi connectivity index (χ3n) is 5.89. The van der Waals surface area contributed by atoms with Crippen molar-refractivity contribution in [2.24, 2.45) is 0 Å². The van der Waals surface area contributed by atoms with Gasteiger partial charge in [0, 0.05) is 18.0 Å². The molecule has 0 saturated heterocycles. The highest BCUT2D eigenvalue weighted by molar-refractivity contribution is 7.18. The van der Waals surface area contributed by atoms with Crippen LogP contribution < -0.4 is 5.32 Å². The maximum atomic E-state index is 13.2. The van der Waals surface area contributed by atoms with Crippen molar-refractivity contribution in [1.29, 1.82) is 0 Å². The highest BCUT2D eigenvalue weighted by Crippen LogP contribution is 2.34. The van der Waals surface area contributed by atoms with Gasteiger partial charge in [0.2, 0.25) is 0 Å². The maximum Gasteiger partial charge on any atom is 0.348 e. The Morgan fingerprint density at radius 2 is 1.77 bits per heavy atom. The number of pyridine rings is 1. The molecule has 0 saturated carbocycles. The number of H-pyrrole nitrogens is 1. The predicted molar refractivity (Wildman–Crippen MR) is 148 cm³/mol. The molecular formula is C28H28N4O7S. The first-order valence-electron chi connectivity index (χ1n) is 12.7. The summed E-state index contributed by atoms with van der Waals surface area (Å²) in [4.78, 5) is 63.2. The Bertz CT molecular complexity index is 1560. The number of imidazole rings is 1. The number of hydrogen-bond donors (Lipinski definition) is 2. The third kappa shape index (κ3) is 6.01. The van der Waals surface area contributed by atoms with Crippen LogP contribution in [-0.4, -0.2) is 58.1 Å². The smallest absolute Gasteiger partial charge is 0.348 e. The topological polar surface area (TPSA) is 150 Å². The number of aromatic amines is 1. The molecule has 0 radical (unpaired) electrons. The Kier molecular flexibility index (Phi) is 8.90. The molecule has 0 spiro atoms. The van der Waals surface area contributed by atoms with Gasteiger partial charge in [-0.3, -0.25) is 9.78 Å². The van der Waals surface area contributed by atoms with E-state index in [1.54, 1.807) is 64.4 Å². The van der Waals surface area contributed by atoms with Crippen LogP contribution in [0, 0.1) is 6.92 Å². The zero-order valence-corrected chi connectivity index (χ0v) is 23.2. The summed E-state index contributed by atoms with van der Waals surface area (Å²) in [7, 11) is 0. The number of aromatic nitrogens is 3. The second kappa shape index (κ2) is 12.5. The van der Waals surface area contributed by atoms with E-state index in [0.29, 0.717) is 22.4 Å². The number of carbonyl (C=O) groups is 4. The van der Waals surface area contributed by atoms with Crippen LogP contribution in [0.5, 0.6) is 0 Å². The number of nitrogens with one attached hydrogen (secondary N) is 2. The SMILES string of the molecule is CCOC(=O)c1sc(NC(=O)C(CC)OC(=O)c2ccc3nc(-c4cccnc4)[nH]c3c2)c(C(=O)OCC)c1C. The van der Waals surface area contributed by atoms with Crippen LogP contribution in [0.3, 0.4) is 0 Å². The normalized spacial score (nSPS) is 11.6. The molecule has 40 heavy (non-hydrogen) atoms. The summed E-state index contributed by atoms with van der Waals surface area (Å²) in [5.41, 5.74) is 2.67. The standard InChI is InChI=1S/C28H28N4O7S/c1-5-20(24(33)32-25-21(27(35)37-6-2)15(4)22(40-25)28(36)38-7-3)39-26(34)16-10-11-18-19(13-16)31-23(30-18)17-9-8-12-29-14-17/h8-14,20H,5-7H2,1-4H3,(H,30,31)(H,32,33). The highest BCUT2D eigenvalue weighted by atomic mass is 32.1. The number of carbonyl (C=O) groups excluding carboxylic acids is 4. The summed E-state index contributed by atoms with van der Waals surface area (Å²) < 4.78 is 15.7. The van der Waals surface area contributed by atoms with E-state index in [1.165, 1.54) is 0 Å². The maximum absolute atomic E-state index is 13.2. The van der Waals surface area contributed by atoms with Gasteiger partial charge >= 0.3 is 17.9 Å². The number of amides is 1. The van der Waals surface area contributed by atoms with E-state index in [2.05, 4.69) is 20.3 Å². The average molecular weight is 565 g/mol. The van der Waals surface area contributed by atoms with Crippen LogP contribution in [0.15, 0.2) is 42.7 Å². The fraction of sp³-hybridized carbons (Fsp3) is 0.286. The molecule has 4 aromatic rings. The lowest BCUT2D eigenvalue weighted by Crippen LogP contribution is -2.32. The van der Waals surface area contributed by atoms with Crippen molar-refractivity contribution in [2.45, 2.75) is 40.2 Å². The lowest BCUT2D eigenvalue weighted by molar-refractivity contribution is -0.124. The van der Waals surface area contributed by atoms with E-state index in [0.717, 1.165) is 16.9 Å². The molecule has 12 heteroatoms. The second-order valence-electron chi connectivity index (χ2n) is 8.55. The molecule has 1 aromatic carbocycles. The Balaban J connectivity index is 1.53. The fourth-order valence-corrected chi connectivity index (χ4v) is 5.02. The molecule has 2 N–H and O–H groups in total. The van der Waals surface area contributed by atoms with Gasteiger partial charge in [-0.15, -0.1) is 11.3 Å². The number of hydrogen-bond acceptors (Lipinski definition) is 10. The number of nitrogens with zero attached hydrogens (tertiary/aromatic N) is 2. The largest absolute Gasteiger partial charge is 0.462 e. The summed E-state index contributed by atoms with van der Waals surface area (Å²) in [5.74, 6) is -2.06. The van der Waals surface area contributed by atoms with Crippen LogP contribution in [0.25, 0.3) is 22.4 Å². The number of benzene rings is 1. The lowest BCUT2D eigenvalue weighted by Gasteiger charge is -2.16. The zero-order valence-electron chi connectivity index (χ0n) is 22.4. The van der Waals surface area contributed by atoms with Gasteiger partial charge in [-0.2, -0.15) is 0 Å². The van der Waals surface area contributed by atoms with E-state index in [1.807, 2.05) is 6.07 Å². The van der Waals surface area contributed by atoms with Crippen LogP contribution in [0.4, 0.5) is 5.00 Å². The van der Waals surface area contributed by atoms with Crippen molar-refractivity contribution in [3.05, 3.63) is 64.3 Å². The Morgan fingerprint density at radius 3 is 2.45 bits per heavy atom. The Hall–Kier alpha value is -4.58. The molecular weight excluding hydrogens is 536 g/mol. The number of ether oxygens (including phenoxy) is 3. The molecule has 1 atom stereocenters. The summed E-state index contributed by atoms with van der Waals surface area (Å²) >= 11 is 0.898. The second-order valence-corrected chi connectivity index (χ2v) is 9.57. The number of fused-ring (bicyclic) bond motifs is 1. The quantitative estimate of drug-likeness (QED) is 0.202. The van der Waals surface area contributed by atoms with E-state index in [4.69, 9.17) is 14.2 Å². The van der Waals surface area contributed by atoms with Gasteiger partial charge < -0.3 is 24.5 Å². The van der Waals surface area contributed by atoms with Crippen LogP contribution in [0.1, 0.15) is 63.1 Å². The molecule has 0 bridgehead atoms. The third-order valence-corrected chi connectivity index (χ3v) is 7.08. The van der Waals surface area contributed by atoms with Gasteiger partial charge in [0.25, 0.3) is 5.91 Å². The van der Waals surface area contributed by atoms with Crippen LogP contribution >= 0.6 is 11.3 Å². The number of thiophene rings is 1. The first-order valence-corrected chi connectivity index (χ1v) is 13.5. The zero-order chi connectivity index (χ0) is 28.8. The van der Waals surface area contributed by atoms with Crippen LogP contribution in [0.2, 0.25) is 0 Å². The summed E-state index contributed by atoms with van der Waals surface area (Å²) in [6, 6.07) is 8.51. The van der Waals surface area contributed by atoms with E-state index in [-0.39, 0.29) is 40.6 Å². The van der Waals surface area contributed by atoms with Crippen molar-refractivity contribution in [3.8, 4) is 11.4 Å². The minimum absolute atomic E-state index is 0.0542. The number of rotatable bonds is 10. The van der Waals surface area contributed by atoms with Crippen molar-refractivity contribution in [2.75, 3.05) is 18.5 Å². The summed E-state index contributed by atoms with van der Waals surface area (Å²) in [6.45, 7) is 6.83. The van der Waals surface area contributed by atoms with Gasteiger partial charge in [0.1, 0.15) is 15.7 Å². The Labute approximate surface area is 233 Å². The highest BCUT2D eigenvalue weighted by Gasteiger charge is 2.30. The number of esters is 3. The lowest BCUT2D eigenvalue weighted by atomic mass is 10.1. The first kappa shape index (κ1) is 28.4. The Morgan fingerprint density at radius 1 is 1.02 bits per heavy atom. The molecule has 0 fully saturated rings. The molecule has 0 aliphatic rings. The first-order chi connectivity index (χ1) is 19.3. The van der Waals surface area contributed by atoms with E-state index < -0.39 is 29.9 Å². The average Bonchev–Trinajstić information content (AvgIpc) is 3.52. The van der Waals surface area contributed by atoms with Crippen molar-refractivity contribution in [3.63, 3.8) is 0 Å². The van der Waals surface area contributed by atoms with Gasteiger partial charge in [0.15, 0.2) is 6.10 Å². The molecule has 0 aliphatic carbocycles. The summed E-state index contributed by atoms with van der Waals surface area (Å²) in [6.07, 6.45) is 2.34. The fourth-order valence-electron chi connectivity index (χ4n) is 3.93. The van der Waals surface area contributed by atoms with E-state index in [9.17, 15) is 19.2 Å². The predicted octanol–water partition coefficient (Wildman–Crippen LogP) is 4.92. The van der Waals surface area contributed by atoms with Gasteiger partial charge in [-0.25, -0.2) is 19.4 Å². The molecule has 3 heterocycles. The monoisotopic (exact) mass is 564 g/mol. The molecule has 4 rings (SSSR count). The minimum Gasteiger partial charge on any atom is -0.462 e.